The lowest BCUT2D eigenvalue weighted by atomic mass is 9.88. The van der Waals surface area contributed by atoms with Crippen molar-refractivity contribution in [2.45, 2.75) is 12.1 Å². The molecule has 7 nitrogen and oxygen atoms in total. The summed E-state index contributed by atoms with van der Waals surface area (Å²) in [5, 5.41) is 6.37. The van der Waals surface area contributed by atoms with Crippen LogP contribution in [0.2, 0.25) is 0 Å². The van der Waals surface area contributed by atoms with E-state index in [1.807, 2.05) is 0 Å². The number of esters is 1. The van der Waals surface area contributed by atoms with Crippen molar-refractivity contribution in [2.75, 3.05) is 46.6 Å². The van der Waals surface area contributed by atoms with Crippen LogP contribution in [-0.4, -0.2) is 71.0 Å². The Morgan fingerprint density at radius 1 is 1.22 bits per heavy atom. The summed E-state index contributed by atoms with van der Waals surface area (Å²) >= 11 is 0. The molecule has 5 fully saturated rings. The second kappa shape index (κ2) is 5.81. The first kappa shape index (κ1) is 15.5. The molecule has 5 rings (SSSR count). The van der Waals surface area contributed by atoms with Crippen LogP contribution in [0.25, 0.3) is 0 Å². The zero-order chi connectivity index (χ0) is 16.0. The van der Waals surface area contributed by atoms with Gasteiger partial charge in [-0.25, -0.2) is 0 Å². The largest absolute Gasteiger partial charge is 0.465 e. The summed E-state index contributed by atoms with van der Waals surface area (Å²) in [7, 11) is 1.66. The molecule has 0 bridgehead atoms. The molecule has 2 aliphatic carbocycles. The number of hydrogen-bond acceptors (Lipinski definition) is 7. The van der Waals surface area contributed by atoms with Gasteiger partial charge in [-0.15, -0.1) is 0 Å². The Balaban J connectivity index is 0.000000160. The summed E-state index contributed by atoms with van der Waals surface area (Å²) in [6.07, 6.45) is 1.06. The summed E-state index contributed by atoms with van der Waals surface area (Å²) in [6.45, 7) is 4.32. The molecule has 7 heteroatoms. The van der Waals surface area contributed by atoms with Gasteiger partial charge in [0, 0.05) is 44.1 Å². The highest BCUT2D eigenvalue weighted by atomic mass is 16.6. The average molecular weight is 324 g/mol. The highest BCUT2D eigenvalue weighted by Gasteiger charge is 2.62. The van der Waals surface area contributed by atoms with Crippen LogP contribution in [0.15, 0.2) is 0 Å². The Bertz CT molecular complexity index is 475. The van der Waals surface area contributed by atoms with Crippen LogP contribution < -0.4 is 10.6 Å². The smallest absolute Gasteiger partial charge is 0.310 e. The number of hydrogen-bond donors (Lipinski definition) is 2. The lowest BCUT2D eigenvalue weighted by Crippen LogP contribution is -2.50. The van der Waals surface area contributed by atoms with Crippen LogP contribution in [0.3, 0.4) is 0 Å². The van der Waals surface area contributed by atoms with E-state index in [-0.39, 0.29) is 17.3 Å². The Kier molecular flexibility index (Phi) is 3.91. The van der Waals surface area contributed by atoms with Crippen molar-refractivity contribution in [1.82, 2.24) is 10.6 Å². The Labute approximate surface area is 135 Å². The molecule has 6 atom stereocenters. The molecule has 23 heavy (non-hydrogen) atoms. The molecule has 5 aliphatic rings. The summed E-state index contributed by atoms with van der Waals surface area (Å²) < 4.78 is 15.7. The van der Waals surface area contributed by atoms with Gasteiger partial charge in [0.15, 0.2) is 0 Å². The highest BCUT2D eigenvalue weighted by molar-refractivity contribution is 5.78. The van der Waals surface area contributed by atoms with E-state index in [1.165, 1.54) is 0 Å². The average Bonchev–Trinajstić information content (AvgIpc) is 3.20. The first-order chi connectivity index (χ1) is 11.2. The number of fused-ring (bicyclic) bond motifs is 2. The summed E-state index contributed by atoms with van der Waals surface area (Å²) in [6, 6.07) is 1.00. The van der Waals surface area contributed by atoms with Gasteiger partial charge in [-0.05, 0) is 5.92 Å². The second-order valence-corrected chi connectivity index (χ2v) is 7.47. The first-order valence-corrected chi connectivity index (χ1v) is 8.34. The van der Waals surface area contributed by atoms with E-state index in [2.05, 4.69) is 10.6 Å². The van der Waals surface area contributed by atoms with Gasteiger partial charge in [0.05, 0.1) is 31.2 Å². The number of nitrogens with one attached hydrogen (secondary N) is 2. The molecule has 0 amide bonds. The molecular formula is C16H24N2O5. The van der Waals surface area contributed by atoms with E-state index in [1.54, 1.807) is 7.11 Å². The molecule has 6 unspecified atom stereocenters. The van der Waals surface area contributed by atoms with Crippen LogP contribution in [0.1, 0.15) is 0 Å². The van der Waals surface area contributed by atoms with Crippen molar-refractivity contribution in [1.29, 1.82) is 0 Å². The summed E-state index contributed by atoms with van der Waals surface area (Å²) in [5.74, 6) is 1.73. The van der Waals surface area contributed by atoms with Crippen molar-refractivity contribution in [3.05, 3.63) is 0 Å². The van der Waals surface area contributed by atoms with E-state index >= 15 is 0 Å². The predicted molar refractivity (Wildman–Crippen MR) is 79.7 cm³/mol. The number of carbonyl (C=O) groups is 2. The molecule has 3 heterocycles. The van der Waals surface area contributed by atoms with Gasteiger partial charge >= 0.3 is 5.97 Å². The predicted octanol–water partition coefficient (Wildman–Crippen LogP) is -1.19. The number of methoxy groups -OCH3 is 1. The number of rotatable bonds is 6. The number of ether oxygens (including phenoxy) is 3. The topological polar surface area (TPSA) is 85.9 Å². The highest BCUT2D eigenvalue weighted by Crippen LogP contribution is 2.46. The van der Waals surface area contributed by atoms with Gasteiger partial charge < -0.3 is 29.6 Å². The van der Waals surface area contributed by atoms with Crippen LogP contribution in [-0.2, 0) is 23.8 Å². The van der Waals surface area contributed by atoms with Crippen LogP contribution in [0, 0.1) is 29.1 Å². The summed E-state index contributed by atoms with van der Waals surface area (Å²) in [5.41, 5.74) is -0.0915. The van der Waals surface area contributed by atoms with E-state index in [9.17, 15) is 9.59 Å². The molecule has 0 aromatic heterocycles. The maximum absolute atomic E-state index is 11.7. The Morgan fingerprint density at radius 3 is 2.22 bits per heavy atom. The maximum atomic E-state index is 11.7. The lowest BCUT2D eigenvalue weighted by Gasteiger charge is -2.39. The van der Waals surface area contributed by atoms with Gasteiger partial charge in [-0.1, -0.05) is 0 Å². The first-order valence-electron chi connectivity index (χ1n) is 8.34. The molecule has 0 spiro atoms. The molecule has 0 radical (unpaired) electrons. The molecule has 2 N–H and O–H groups in total. The number of aldehydes is 1. The third-order valence-corrected chi connectivity index (χ3v) is 5.79. The molecule has 3 aliphatic heterocycles. The molecule has 128 valence electrons. The van der Waals surface area contributed by atoms with Crippen molar-refractivity contribution >= 4 is 12.3 Å². The van der Waals surface area contributed by atoms with Crippen LogP contribution >= 0.6 is 0 Å². The third kappa shape index (κ3) is 2.69. The second-order valence-electron chi connectivity index (χ2n) is 7.47. The van der Waals surface area contributed by atoms with Gasteiger partial charge in [0.2, 0.25) is 0 Å². The van der Waals surface area contributed by atoms with Gasteiger partial charge in [0.25, 0.3) is 0 Å². The normalized spacial score (nSPS) is 43.0. The van der Waals surface area contributed by atoms with E-state index < -0.39 is 0 Å². The van der Waals surface area contributed by atoms with E-state index in [0.29, 0.717) is 50.3 Å². The minimum absolute atomic E-state index is 0.0534. The fraction of sp³-hybridized carbons (Fsp3) is 0.875. The van der Waals surface area contributed by atoms with Gasteiger partial charge in [-0.3, -0.25) is 4.79 Å². The molecular weight excluding hydrogens is 300 g/mol. The Morgan fingerprint density at radius 2 is 1.87 bits per heavy atom. The minimum Gasteiger partial charge on any atom is -0.465 e. The van der Waals surface area contributed by atoms with Gasteiger partial charge in [-0.2, -0.15) is 0 Å². The molecule has 2 saturated carbocycles. The molecule has 3 saturated heterocycles. The fourth-order valence-electron chi connectivity index (χ4n) is 3.81. The molecule has 0 aromatic carbocycles. The van der Waals surface area contributed by atoms with Crippen molar-refractivity contribution in [3.8, 4) is 0 Å². The Hall–Kier alpha value is -1.02. The van der Waals surface area contributed by atoms with Crippen molar-refractivity contribution < 1.29 is 23.8 Å². The van der Waals surface area contributed by atoms with Crippen molar-refractivity contribution in [2.24, 2.45) is 29.1 Å². The van der Waals surface area contributed by atoms with Gasteiger partial charge in [0.1, 0.15) is 12.9 Å². The third-order valence-electron chi connectivity index (χ3n) is 5.79. The van der Waals surface area contributed by atoms with E-state index in [4.69, 9.17) is 14.2 Å². The van der Waals surface area contributed by atoms with Crippen molar-refractivity contribution in [3.63, 3.8) is 0 Å². The standard InChI is InChI=1S/C11H17NO4.C5H7NO/c1-14-3-11(4-15-5-11)6-16-10(13)8-7-2-12-9(7)8;7-2-4-3-1-6-5(3)4/h7-9,12H,2-6H2,1H3;2-6H,1H2. The molecule has 0 aromatic rings. The quantitative estimate of drug-likeness (QED) is 0.469. The fourth-order valence-corrected chi connectivity index (χ4v) is 3.81. The van der Waals surface area contributed by atoms with E-state index in [0.717, 1.165) is 25.3 Å². The minimum atomic E-state index is -0.0915. The summed E-state index contributed by atoms with van der Waals surface area (Å²) in [4.78, 5) is 21.7. The zero-order valence-corrected chi connectivity index (χ0v) is 13.3. The lowest BCUT2D eigenvalue weighted by molar-refractivity contribution is -0.183. The monoisotopic (exact) mass is 324 g/mol. The van der Waals surface area contributed by atoms with Crippen LogP contribution in [0.5, 0.6) is 0 Å². The van der Waals surface area contributed by atoms with Crippen LogP contribution in [0.4, 0.5) is 0 Å². The maximum Gasteiger partial charge on any atom is 0.310 e. The zero-order valence-electron chi connectivity index (χ0n) is 13.3. The number of carbonyl (C=O) groups excluding carboxylic acids is 2. The SMILES string of the molecule is COCC1(COC(=O)C2C3CNC32)COC1.O=CC1C2CNC12.